The molecule has 0 radical (unpaired) electrons. The Balaban J connectivity index is 1.11. The fourth-order valence-electron chi connectivity index (χ4n) is 7.48. The third-order valence-corrected chi connectivity index (χ3v) is 10.2. The number of rotatable bonds is 6. The van der Waals surface area contributed by atoms with Crippen LogP contribution in [0.4, 0.5) is 0 Å². The van der Waals surface area contributed by atoms with Gasteiger partial charge in [-0.2, -0.15) is 0 Å². The summed E-state index contributed by atoms with van der Waals surface area (Å²) >= 11 is 0. The van der Waals surface area contributed by atoms with Crippen LogP contribution in [0.3, 0.4) is 0 Å². The van der Waals surface area contributed by atoms with Gasteiger partial charge in [0.05, 0.1) is 0 Å². The van der Waals surface area contributed by atoms with E-state index in [0.29, 0.717) is 0 Å². The molecular formula is C49H33N3O. The van der Waals surface area contributed by atoms with Gasteiger partial charge in [-0.05, 0) is 67.9 Å². The minimum absolute atomic E-state index is 0.454. The Morgan fingerprint density at radius 1 is 0.396 bits per heavy atom. The van der Waals surface area contributed by atoms with Crippen molar-refractivity contribution in [2.45, 2.75) is 6.17 Å². The van der Waals surface area contributed by atoms with Crippen molar-refractivity contribution >= 4 is 44.4 Å². The fourth-order valence-corrected chi connectivity index (χ4v) is 7.48. The van der Waals surface area contributed by atoms with Gasteiger partial charge < -0.3 is 9.73 Å². The highest BCUT2D eigenvalue weighted by Crippen LogP contribution is 2.38. The molecule has 1 aromatic heterocycles. The molecule has 0 saturated carbocycles. The number of hydrogen-bond acceptors (Lipinski definition) is 4. The summed E-state index contributed by atoms with van der Waals surface area (Å²) in [4.78, 5) is 10.5. The smallest absolute Gasteiger partial charge is 0.169 e. The van der Waals surface area contributed by atoms with E-state index in [1.54, 1.807) is 0 Å². The van der Waals surface area contributed by atoms with Crippen LogP contribution < -0.4 is 5.32 Å². The first-order valence-corrected chi connectivity index (χ1v) is 17.9. The van der Waals surface area contributed by atoms with Gasteiger partial charge in [0.15, 0.2) is 6.17 Å². The van der Waals surface area contributed by atoms with Crippen LogP contribution in [0.15, 0.2) is 202 Å². The van der Waals surface area contributed by atoms with Gasteiger partial charge in [-0.3, -0.25) is 0 Å². The molecular weight excluding hydrogens is 647 g/mol. The molecule has 1 aliphatic heterocycles. The summed E-state index contributed by atoms with van der Waals surface area (Å²) in [5.74, 6) is 1.53. The van der Waals surface area contributed by atoms with E-state index >= 15 is 0 Å². The van der Waals surface area contributed by atoms with Gasteiger partial charge in [-0.1, -0.05) is 170 Å². The summed E-state index contributed by atoms with van der Waals surface area (Å²) in [6.45, 7) is 0. The molecule has 4 nitrogen and oxygen atoms in total. The summed E-state index contributed by atoms with van der Waals surface area (Å²) in [6.07, 6.45) is -0.454. The van der Waals surface area contributed by atoms with Crippen molar-refractivity contribution in [3.63, 3.8) is 0 Å². The van der Waals surface area contributed by atoms with Crippen molar-refractivity contribution in [3.05, 3.63) is 205 Å². The second-order valence-corrected chi connectivity index (χ2v) is 13.4. The Kier molecular flexibility index (Phi) is 7.51. The molecule has 2 heterocycles. The molecule has 0 amide bonds. The summed E-state index contributed by atoms with van der Waals surface area (Å²) in [5.41, 5.74) is 11.5. The molecule has 1 N–H and O–H groups in total. The van der Waals surface area contributed by atoms with Crippen LogP contribution in [-0.4, -0.2) is 11.7 Å². The zero-order valence-corrected chi connectivity index (χ0v) is 28.8. The monoisotopic (exact) mass is 679 g/mol. The van der Waals surface area contributed by atoms with Crippen molar-refractivity contribution in [1.29, 1.82) is 0 Å². The highest BCUT2D eigenvalue weighted by atomic mass is 16.3. The molecule has 1 aliphatic rings. The van der Waals surface area contributed by atoms with Gasteiger partial charge in [-0.25, -0.2) is 9.98 Å². The lowest BCUT2D eigenvalue weighted by Gasteiger charge is -2.23. The molecule has 1 unspecified atom stereocenters. The third kappa shape index (κ3) is 5.67. The number of benzene rings is 8. The van der Waals surface area contributed by atoms with Crippen LogP contribution in [-0.2, 0) is 0 Å². The number of para-hydroxylation sites is 1. The van der Waals surface area contributed by atoms with E-state index in [0.717, 1.165) is 67.0 Å². The van der Waals surface area contributed by atoms with Gasteiger partial charge in [0.1, 0.15) is 22.8 Å². The molecule has 53 heavy (non-hydrogen) atoms. The quantitative estimate of drug-likeness (QED) is 0.190. The molecule has 10 rings (SSSR count). The Bertz CT molecular complexity index is 2830. The van der Waals surface area contributed by atoms with E-state index in [2.05, 4.69) is 157 Å². The van der Waals surface area contributed by atoms with Crippen molar-refractivity contribution < 1.29 is 4.42 Å². The van der Waals surface area contributed by atoms with Gasteiger partial charge in [-0.15, -0.1) is 0 Å². The van der Waals surface area contributed by atoms with Gasteiger partial charge in [0, 0.05) is 21.9 Å². The number of fused-ring (bicyclic) bond motifs is 4. The second-order valence-electron chi connectivity index (χ2n) is 13.4. The average molecular weight is 680 g/mol. The second kappa shape index (κ2) is 12.9. The number of nitrogens with one attached hydrogen (secondary N) is 1. The standard InChI is InChI=1S/C49H33N3O/c1-3-12-32(13-4-1)33-22-24-34(25-23-33)39-30-43(46-42-19-9-10-21-44(42)53-45(46)31-39)49-51-47(37-15-5-2-6-16-37)50-48(52-49)38-28-26-36(27-29-38)41-20-11-17-35-14-7-8-18-40(35)41/h1-31,48H,(H,50,51,52). The zero-order valence-electron chi connectivity index (χ0n) is 28.8. The van der Waals surface area contributed by atoms with Crippen molar-refractivity contribution in [2.75, 3.05) is 0 Å². The first-order chi connectivity index (χ1) is 26.2. The maximum Gasteiger partial charge on any atom is 0.169 e. The first kappa shape index (κ1) is 30.8. The summed E-state index contributed by atoms with van der Waals surface area (Å²) in [5, 5.41) is 8.19. The van der Waals surface area contributed by atoms with E-state index in [4.69, 9.17) is 14.4 Å². The lowest BCUT2D eigenvalue weighted by molar-refractivity contribution is 0.669. The fraction of sp³-hybridized carbons (Fsp3) is 0.0204. The predicted molar refractivity (Wildman–Crippen MR) is 219 cm³/mol. The normalized spacial score (nSPS) is 14.2. The van der Waals surface area contributed by atoms with Crippen LogP contribution in [0.25, 0.3) is 66.1 Å². The van der Waals surface area contributed by atoms with Crippen LogP contribution in [0.2, 0.25) is 0 Å². The van der Waals surface area contributed by atoms with Gasteiger partial charge >= 0.3 is 0 Å². The Labute approximate surface area is 307 Å². The van der Waals surface area contributed by atoms with Crippen LogP contribution in [0, 0.1) is 0 Å². The highest BCUT2D eigenvalue weighted by molar-refractivity contribution is 6.24. The molecule has 0 saturated heterocycles. The third-order valence-electron chi connectivity index (χ3n) is 10.2. The lowest BCUT2D eigenvalue weighted by atomic mass is 9.95. The molecule has 0 fully saturated rings. The maximum atomic E-state index is 6.53. The Morgan fingerprint density at radius 3 is 1.75 bits per heavy atom. The number of aliphatic imine (C=N–C) groups is 2. The molecule has 1 atom stereocenters. The van der Waals surface area contributed by atoms with E-state index < -0.39 is 6.17 Å². The largest absolute Gasteiger partial charge is 0.456 e. The number of hydrogen-bond donors (Lipinski definition) is 1. The number of furan rings is 1. The van der Waals surface area contributed by atoms with E-state index in [9.17, 15) is 0 Å². The van der Waals surface area contributed by atoms with Crippen molar-refractivity contribution in [1.82, 2.24) is 5.32 Å². The molecule has 9 aromatic rings. The lowest BCUT2D eigenvalue weighted by Crippen LogP contribution is -2.36. The highest BCUT2D eigenvalue weighted by Gasteiger charge is 2.24. The molecule has 0 spiro atoms. The number of nitrogens with zero attached hydrogens (tertiary/aromatic N) is 2. The molecule has 4 heteroatoms. The zero-order chi connectivity index (χ0) is 35.1. The van der Waals surface area contributed by atoms with Crippen LogP contribution in [0.5, 0.6) is 0 Å². The minimum atomic E-state index is -0.454. The predicted octanol–water partition coefficient (Wildman–Crippen LogP) is 12.2. The van der Waals surface area contributed by atoms with E-state index in [1.165, 1.54) is 27.5 Å². The van der Waals surface area contributed by atoms with Gasteiger partial charge in [0.25, 0.3) is 0 Å². The SMILES string of the molecule is c1ccc(C2=NC(c3ccc(-c4cccc5ccccc45)cc3)N=C(c3cc(-c4ccc(-c5ccccc5)cc4)cc4oc5ccccc5c34)N2)cc1. The topological polar surface area (TPSA) is 49.9 Å². The Morgan fingerprint density at radius 2 is 0.981 bits per heavy atom. The maximum absolute atomic E-state index is 6.53. The van der Waals surface area contributed by atoms with Crippen molar-refractivity contribution in [2.24, 2.45) is 9.98 Å². The van der Waals surface area contributed by atoms with E-state index in [-0.39, 0.29) is 0 Å². The summed E-state index contributed by atoms with van der Waals surface area (Å²) < 4.78 is 6.53. The summed E-state index contributed by atoms with van der Waals surface area (Å²) in [7, 11) is 0. The average Bonchev–Trinajstić information content (AvgIpc) is 3.62. The Hall–Kier alpha value is -7.04. The first-order valence-electron chi connectivity index (χ1n) is 17.9. The van der Waals surface area contributed by atoms with Crippen LogP contribution in [0.1, 0.15) is 22.9 Å². The summed E-state index contributed by atoms with van der Waals surface area (Å²) in [6, 6.07) is 65.8. The number of amidine groups is 2. The van der Waals surface area contributed by atoms with Gasteiger partial charge in [0.2, 0.25) is 0 Å². The van der Waals surface area contributed by atoms with E-state index in [1.807, 2.05) is 36.4 Å². The van der Waals surface area contributed by atoms with Crippen molar-refractivity contribution in [3.8, 4) is 33.4 Å². The molecule has 8 aromatic carbocycles. The molecule has 0 aliphatic carbocycles. The van der Waals surface area contributed by atoms with Crippen LogP contribution >= 0.6 is 0 Å². The molecule has 0 bridgehead atoms. The molecule has 250 valence electrons. The minimum Gasteiger partial charge on any atom is -0.456 e.